The number of rotatable bonds is 4. The van der Waals surface area contributed by atoms with Gasteiger partial charge in [-0.25, -0.2) is 18.0 Å². The monoisotopic (exact) mass is 316 g/mol. The first-order chi connectivity index (χ1) is 10.5. The molecule has 1 unspecified atom stereocenters. The van der Waals surface area contributed by atoms with Crippen LogP contribution in [0.15, 0.2) is 6.07 Å². The van der Waals surface area contributed by atoms with Gasteiger partial charge in [0.2, 0.25) is 0 Å². The number of hydrogen-bond acceptors (Lipinski definition) is 4. The van der Waals surface area contributed by atoms with Gasteiger partial charge in [0.15, 0.2) is 17.5 Å². The van der Waals surface area contributed by atoms with E-state index < -0.39 is 34.7 Å². The number of piperidine rings is 1. The average molecular weight is 316 g/mol. The molecule has 0 amide bonds. The van der Waals surface area contributed by atoms with Crippen LogP contribution < -0.4 is 10.2 Å². The van der Waals surface area contributed by atoms with Crippen LogP contribution in [0.1, 0.15) is 30.1 Å². The molecule has 1 fully saturated rings. The molecule has 2 rings (SSSR count). The smallest absolute Gasteiger partial charge is 0.341 e. The van der Waals surface area contributed by atoms with Gasteiger partial charge in [0.05, 0.1) is 6.61 Å². The average Bonchev–Trinajstić information content (AvgIpc) is 2.51. The lowest BCUT2D eigenvalue weighted by atomic mass is 10.0. The van der Waals surface area contributed by atoms with Gasteiger partial charge in [0.1, 0.15) is 11.3 Å². The molecule has 1 heterocycles. The zero-order valence-electron chi connectivity index (χ0n) is 12.6. The molecule has 1 saturated heterocycles. The Balaban J connectivity index is 2.37. The number of likely N-dealkylation sites (N-methyl/N-ethyl adjacent to an activating group) is 1. The highest BCUT2D eigenvalue weighted by molar-refractivity contribution is 5.90. The van der Waals surface area contributed by atoms with E-state index in [0.717, 1.165) is 12.8 Å². The minimum atomic E-state index is -1.37. The molecule has 22 heavy (non-hydrogen) atoms. The molecule has 0 saturated carbocycles. The van der Waals surface area contributed by atoms with Crippen molar-refractivity contribution < 1.29 is 22.7 Å². The molecule has 1 atom stereocenters. The second kappa shape index (κ2) is 7.00. The van der Waals surface area contributed by atoms with Crippen molar-refractivity contribution in [3.05, 3.63) is 29.1 Å². The SMILES string of the molecule is CCOC(=O)c1cc(F)c(N2CCCC(NC)C2)c(F)c1F. The number of nitrogens with one attached hydrogen (secondary N) is 1. The van der Waals surface area contributed by atoms with Crippen molar-refractivity contribution in [3.8, 4) is 0 Å². The summed E-state index contributed by atoms with van der Waals surface area (Å²) in [7, 11) is 1.77. The summed E-state index contributed by atoms with van der Waals surface area (Å²) in [5.41, 5.74) is -1.15. The number of carbonyl (C=O) groups is 1. The second-order valence-electron chi connectivity index (χ2n) is 5.18. The van der Waals surface area contributed by atoms with E-state index in [1.54, 1.807) is 7.05 Å². The zero-order chi connectivity index (χ0) is 16.3. The Kier molecular flexibility index (Phi) is 5.28. The van der Waals surface area contributed by atoms with E-state index in [0.29, 0.717) is 19.2 Å². The number of carbonyl (C=O) groups excluding carboxylic acids is 1. The third-order valence-electron chi connectivity index (χ3n) is 3.78. The number of ether oxygens (including phenoxy) is 1. The van der Waals surface area contributed by atoms with E-state index in [4.69, 9.17) is 0 Å². The maximum Gasteiger partial charge on any atom is 0.341 e. The van der Waals surface area contributed by atoms with Crippen LogP contribution in [-0.4, -0.2) is 38.8 Å². The summed E-state index contributed by atoms with van der Waals surface area (Å²) in [6, 6.07) is 0.787. The van der Waals surface area contributed by atoms with Gasteiger partial charge in [0, 0.05) is 19.1 Å². The standard InChI is InChI=1S/C15H19F3N2O2/c1-3-22-15(21)10-7-11(16)14(13(18)12(10)17)20-6-4-5-9(8-20)19-2/h7,9,19H,3-6,8H2,1-2H3. The van der Waals surface area contributed by atoms with Gasteiger partial charge < -0.3 is 15.0 Å². The second-order valence-corrected chi connectivity index (χ2v) is 5.18. The lowest BCUT2D eigenvalue weighted by Crippen LogP contribution is -2.45. The van der Waals surface area contributed by atoms with E-state index >= 15 is 0 Å². The highest BCUT2D eigenvalue weighted by Crippen LogP contribution is 2.30. The summed E-state index contributed by atoms with van der Waals surface area (Å²) < 4.78 is 47.2. The largest absolute Gasteiger partial charge is 0.462 e. The molecular formula is C15H19F3N2O2. The van der Waals surface area contributed by atoms with Gasteiger partial charge in [-0.2, -0.15) is 0 Å². The van der Waals surface area contributed by atoms with E-state index in [1.807, 2.05) is 0 Å². The molecular weight excluding hydrogens is 297 g/mol. The maximum atomic E-state index is 14.3. The molecule has 1 aromatic rings. The van der Waals surface area contributed by atoms with Gasteiger partial charge in [-0.3, -0.25) is 0 Å². The Morgan fingerprint density at radius 1 is 1.41 bits per heavy atom. The molecule has 1 aromatic carbocycles. The van der Waals surface area contributed by atoms with Gasteiger partial charge >= 0.3 is 5.97 Å². The summed E-state index contributed by atoms with van der Waals surface area (Å²) in [5, 5.41) is 3.05. The van der Waals surface area contributed by atoms with E-state index in [1.165, 1.54) is 11.8 Å². The van der Waals surface area contributed by atoms with Crippen molar-refractivity contribution >= 4 is 11.7 Å². The number of esters is 1. The number of nitrogens with zero attached hydrogens (tertiary/aromatic N) is 1. The highest BCUT2D eigenvalue weighted by Gasteiger charge is 2.29. The minimum absolute atomic E-state index is 0.000757. The van der Waals surface area contributed by atoms with E-state index in [9.17, 15) is 18.0 Å². The summed E-state index contributed by atoms with van der Waals surface area (Å²) in [6.45, 7) is 2.34. The Hall–Kier alpha value is -1.76. The third-order valence-corrected chi connectivity index (χ3v) is 3.78. The van der Waals surface area contributed by atoms with Crippen LogP contribution in [0.3, 0.4) is 0 Å². The molecule has 7 heteroatoms. The number of anilines is 1. The molecule has 0 aromatic heterocycles. The lowest BCUT2D eigenvalue weighted by Gasteiger charge is -2.34. The van der Waals surface area contributed by atoms with Gasteiger partial charge in [-0.1, -0.05) is 0 Å². The molecule has 0 spiro atoms. The topological polar surface area (TPSA) is 41.6 Å². The summed E-state index contributed by atoms with van der Waals surface area (Å²) in [6.07, 6.45) is 1.63. The van der Waals surface area contributed by atoms with Crippen LogP contribution in [0.5, 0.6) is 0 Å². The summed E-state index contributed by atoms with van der Waals surface area (Å²) >= 11 is 0. The Morgan fingerprint density at radius 3 is 2.77 bits per heavy atom. The van der Waals surface area contributed by atoms with Gasteiger partial charge in [-0.05, 0) is 32.9 Å². The summed E-state index contributed by atoms with van der Waals surface area (Å²) in [4.78, 5) is 13.0. The molecule has 0 aliphatic carbocycles. The van der Waals surface area contributed by atoms with Crippen molar-refractivity contribution in [2.24, 2.45) is 0 Å². The normalized spacial score (nSPS) is 18.4. The molecule has 4 nitrogen and oxygen atoms in total. The quantitative estimate of drug-likeness (QED) is 0.684. The van der Waals surface area contributed by atoms with Crippen LogP contribution in [0, 0.1) is 17.5 Å². The Labute approximate surface area is 127 Å². The van der Waals surface area contributed by atoms with Crippen molar-refractivity contribution in [3.63, 3.8) is 0 Å². The van der Waals surface area contributed by atoms with Crippen LogP contribution in [-0.2, 0) is 4.74 Å². The Morgan fingerprint density at radius 2 is 2.14 bits per heavy atom. The van der Waals surface area contributed by atoms with Crippen LogP contribution in [0.4, 0.5) is 18.9 Å². The third kappa shape index (κ3) is 3.19. The van der Waals surface area contributed by atoms with E-state index in [2.05, 4.69) is 10.1 Å². The molecule has 1 aliphatic rings. The molecule has 0 bridgehead atoms. The zero-order valence-corrected chi connectivity index (χ0v) is 12.6. The van der Waals surface area contributed by atoms with Gasteiger partial charge in [0.25, 0.3) is 0 Å². The van der Waals surface area contributed by atoms with E-state index in [-0.39, 0.29) is 12.6 Å². The molecule has 1 aliphatic heterocycles. The van der Waals surface area contributed by atoms with Crippen molar-refractivity contribution in [1.29, 1.82) is 0 Å². The fourth-order valence-electron chi connectivity index (χ4n) is 2.65. The maximum absolute atomic E-state index is 14.3. The van der Waals surface area contributed by atoms with Crippen LogP contribution in [0.2, 0.25) is 0 Å². The van der Waals surface area contributed by atoms with Gasteiger partial charge in [-0.15, -0.1) is 0 Å². The first-order valence-electron chi connectivity index (χ1n) is 7.26. The van der Waals surface area contributed by atoms with Crippen molar-refractivity contribution in [1.82, 2.24) is 5.32 Å². The minimum Gasteiger partial charge on any atom is -0.462 e. The number of halogens is 3. The first kappa shape index (κ1) is 16.6. The van der Waals surface area contributed by atoms with Crippen LogP contribution in [0.25, 0.3) is 0 Å². The predicted molar refractivity (Wildman–Crippen MR) is 76.6 cm³/mol. The molecule has 1 N–H and O–H groups in total. The summed E-state index contributed by atoms with van der Waals surface area (Å²) in [5.74, 6) is -4.75. The van der Waals surface area contributed by atoms with Crippen molar-refractivity contribution in [2.45, 2.75) is 25.8 Å². The van der Waals surface area contributed by atoms with Crippen molar-refractivity contribution in [2.75, 3.05) is 31.6 Å². The number of hydrogen-bond donors (Lipinski definition) is 1. The first-order valence-corrected chi connectivity index (χ1v) is 7.26. The Bertz CT molecular complexity index is 566. The lowest BCUT2D eigenvalue weighted by molar-refractivity contribution is 0.0519. The fourth-order valence-corrected chi connectivity index (χ4v) is 2.65. The molecule has 122 valence electrons. The van der Waals surface area contributed by atoms with Crippen LogP contribution >= 0.6 is 0 Å². The number of benzene rings is 1. The predicted octanol–water partition coefficient (Wildman–Crippen LogP) is 2.47. The molecule has 0 radical (unpaired) electrons. The fraction of sp³-hybridized carbons (Fsp3) is 0.533. The highest BCUT2D eigenvalue weighted by atomic mass is 19.2.